The van der Waals surface area contributed by atoms with Gasteiger partial charge in [0.15, 0.2) is 11.5 Å². The molecule has 0 bridgehead atoms. The van der Waals surface area contributed by atoms with Crippen LogP contribution in [0.2, 0.25) is 0 Å². The van der Waals surface area contributed by atoms with E-state index in [1.165, 1.54) is 24.8 Å². The summed E-state index contributed by atoms with van der Waals surface area (Å²) in [6.45, 7) is 0. The molecule has 0 amide bonds. The molecule has 6 heteroatoms. The van der Waals surface area contributed by atoms with Crippen LogP contribution in [0.3, 0.4) is 0 Å². The van der Waals surface area contributed by atoms with Gasteiger partial charge in [0.2, 0.25) is 0 Å². The number of methoxy groups -OCH3 is 2. The van der Waals surface area contributed by atoms with E-state index in [1.807, 2.05) is 0 Å². The fourth-order valence-electron chi connectivity index (χ4n) is 2.01. The van der Waals surface area contributed by atoms with Crippen molar-refractivity contribution < 1.29 is 9.47 Å². The van der Waals surface area contributed by atoms with Gasteiger partial charge in [-0.2, -0.15) is 0 Å². The number of nitrogens with zero attached hydrogens (tertiary/aromatic N) is 2. The molecule has 0 saturated heterocycles. The minimum Gasteiger partial charge on any atom is -0.493 e. The lowest BCUT2D eigenvalue weighted by atomic mass is 10.1. The van der Waals surface area contributed by atoms with Gasteiger partial charge in [0.1, 0.15) is 0 Å². The minimum atomic E-state index is -0.373. The lowest BCUT2D eigenvalue weighted by molar-refractivity contribution is 0.355. The molecule has 2 aromatic rings. The van der Waals surface area contributed by atoms with Gasteiger partial charge in [-0.1, -0.05) is 0 Å². The van der Waals surface area contributed by atoms with Crippen LogP contribution in [0.4, 0.5) is 0 Å². The van der Waals surface area contributed by atoms with Gasteiger partial charge >= 0.3 is 5.69 Å². The molecular formula is C14H16N2O4. The highest BCUT2D eigenvalue weighted by molar-refractivity contribution is 5.64. The second-order valence-corrected chi connectivity index (χ2v) is 4.34. The zero-order valence-electron chi connectivity index (χ0n) is 11.8. The Balaban J connectivity index is 2.69. The molecule has 0 saturated carbocycles. The molecule has 1 aromatic heterocycles. The predicted octanol–water partition coefficient (Wildman–Crippen LogP) is 0.768. The van der Waals surface area contributed by atoms with Crippen molar-refractivity contribution in [2.45, 2.75) is 0 Å². The first-order chi connectivity index (χ1) is 9.49. The monoisotopic (exact) mass is 276 g/mol. The number of ether oxygens (including phenoxy) is 2. The molecule has 0 atom stereocenters. The van der Waals surface area contributed by atoms with E-state index in [0.29, 0.717) is 22.8 Å². The second-order valence-electron chi connectivity index (χ2n) is 4.34. The van der Waals surface area contributed by atoms with Crippen molar-refractivity contribution in [3.05, 3.63) is 45.1 Å². The van der Waals surface area contributed by atoms with E-state index in [0.717, 1.165) is 4.57 Å². The van der Waals surface area contributed by atoms with Gasteiger partial charge < -0.3 is 9.47 Å². The first-order valence-corrected chi connectivity index (χ1v) is 5.99. The first-order valence-electron chi connectivity index (χ1n) is 5.99. The third-order valence-corrected chi connectivity index (χ3v) is 3.21. The lowest BCUT2D eigenvalue weighted by Gasteiger charge is -2.12. The Morgan fingerprint density at radius 3 is 2.15 bits per heavy atom. The molecule has 2 rings (SSSR count). The number of rotatable bonds is 3. The first kappa shape index (κ1) is 13.9. The second kappa shape index (κ2) is 5.24. The summed E-state index contributed by atoms with van der Waals surface area (Å²) in [6, 6.07) is 6.65. The van der Waals surface area contributed by atoms with Gasteiger partial charge in [0.25, 0.3) is 5.56 Å². The normalized spacial score (nSPS) is 10.4. The van der Waals surface area contributed by atoms with Crippen molar-refractivity contribution in [1.82, 2.24) is 9.13 Å². The molecule has 1 aromatic carbocycles. The summed E-state index contributed by atoms with van der Waals surface area (Å²) in [5.74, 6) is 1.13. The Bertz CT molecular complexity index is 759. The molecule has 0 aliphatic rings. The van der Waals surface area contributed by atoms with Crippen LogP contribution in [-0.2, 0) is 14.1 Å². The molecular weight excluding hydrogens is 260 g/mol. The molecule has 106 valence electrons. The fourth-order valence-corrected chi connectivity index (χ4v) is 2.01. The molecule has 0 radical (unpaired) electrons. The van der Waals surface area contributed by atoms with Crippen LogP contribution in [0, 0.1) is 0 Å². The summed E-state index contributed by atoms with van der Waals surface area (Å²) in [5.41, 5.74) is 0.513. The molecule has 1 heterocycles. The maximum atomic E-state index is 11.9. The molecule has 20 heavy (non-hydrogen) atoms. The number of benzene rings is 1. The topological polar surface area (TPSA) is 62.5 Å². The molecule has 0 spiro atoms. The maximum absolute atomic E-state index is 11.9. The zero-order valence-corrected chi connectivity index (χ0v) is 11.8. The summed E-state index contributed by atoms with van der Waals surface area (Å²) in [5, 5.41) is 0. The molecule has 0 aliphatic carbocycles. The lowest BCUT2D eigenvalue weighted by Crippen LogP contribution is -2.37. The Labute approximate surface area is 115 Å². The van der Waals surface area contributed by atoms with Crippen LogP contribution in [0.15, 0.2) is 33.9 Å². The highest BCUT2D eigenvalue weighted by atomic mass is 16.5. The van der Waals surface area contributed by atoms with Crippen molar-refractivity contribution in [2.75, 3.05) is 14.2 Å². The summed E-state index contributed by atoms with van der Waals surface area (Å²) < 4.78 is 12.9. The van der Waals surface area contributed by atoms with Crippen molar-refractivity contribution in [2.24, 2.45) is 14.1 Å². The molecule has 0 unspecified atom stereocenters. The highest BCUT2D eigenvalue weighted by Crippen LogP contribution is 2.31. The number of aromatic nitrogens is 2. The van der Waals surface area contributed by atoms with Gasteiger partial charge in [-0.05, 0) is 18.2 Å². The van der Waals surface area contributed by atoms with Crippen LogP contribution < -0.4 is 20.7 Å². The van der Waals surface area contributed by atoms with E-state index in [4.69, 9.17) is 9.47 Å². The summed E-state index contributed by atoms with van der Waals surface area (Å²) >= 11 is 0. The molecule has 6 nitrogen and oxygen atoms in total. The van der Waals surface area contributed by atoms with E-state index in [9.17, 15) is 9.59 Å². The predicted molar refractivity (Wildman–Crippen MR) is 75.5 cm³/mol. The Hall–Kier alpha value is -2.50. The van der Waals surface area contributed by atoms with Gasteiger partial charge in [0, 0.05) is 25.7 Å². The minimum absolute atomic E-state index is 0.349. The van der Waals surface area contributed by atoms with E-state index in [1.54, 1.807) is 32.4 Å². The average molecular weight is 276 g/mol. The van der Waals surface area contributed by atoms with Gasteiger partial charge in [-0.3, -0.25) is 13.9 Å². The maximum Gasteiger partial charge on any atom is 0.330 e. The van der Waals surface area contributed by atoms with Crippen LogP contribution in [0.1, 0.15) is 0 Å². The van der Waals surface area contributed by atoms with Crippen LogP contribution in [0.5, 0.6) is 11.5 Å². The van der Waals surface area contributed by atoms with Gasteiger partial charge in [0.05, 0.1) is 19.9 Å². The van der Waals surface area contributed by atoms with Crippen molar-refractivity contribution >= 4 is 0 Å². The zero-order chi connectivity index (χ0) is 14.9. The van der Waals surface area contributed by atoms with Crippen LogP contribution in [-0.4, -0.2) is 23.4 Å². The Morgan fingerprint density at radius 2 is 1.55 bits per heavy atom. The summed E-state index contributed by atoms with van der Waals surface area (Å²) in [7, 11) is 6.15. The van der Waals surface area contributed by atoms with Crippen LogP contribution in [0.25, 0.3) is 11.3 Å². The summed E-state index contributed by atoms with van der Waals surface area (Å²) in [4.78, 5) is 23.7. The van der Waals surface area contributed by atoms with Crippen LogP contribution >= 0.6 is 0 Å². The highest BCUT2D eigenvalue weighted by Gasteiger charge is 2.11. The quantitative estimate of drug-likeness (QED) is 0.830. The number of hydrogen-bond donors (Lipinski definition) is 0. The third kappa shape index (κ3) is 2.20. The van der Waals surface area contributed by atoms with Crippen molar-refractivity contribution in [1.29, 1.82) is 0 Å². The largest absolute Gasteiger partial charge is 0.493 e. The fraction of sp³-hybridized carbons (Fsp3) is 0.286. The van der Waals surface area contributed by atoms with Crippen molar-refractivity contribution in [3.63, 3.8) is 0 Å². The SMILES string of the molecule is COc1ccc(-c2cc(=O)n(C)c(=O)n2C)cc1OC. The van der Waals surface area contributed by atoms with E-state index in [-0.39, 0.29) is 11.2 Å². The Kier molecular flexibility index (Phi) is 3.65. The molecule has 0 aliphatic heterocycles. The number of hydrogen-bond acceptors (Lipinski definition) is 4. The van der Waals surface area contributed by atoms with E-state index in [2.05, 4.69) is 0 Å². The van der Waals surface area contributed by atoms with E-state index >= 15 is 0 Å². The third-order valence-electron chi connectivity index (χ3n) is 3.21. The van der Waals surface area contributed by atoms with Gasteiger partial charge in [-0.25, -0.2) is 4.79 Å². The Morgan fingerprint density at radius 1 is 0.900 bits per heavy atom. The molecule has 0 fully saturated rings. The standard InChI is InChI=1S/C14H16N2O4/c1-15-10(8-13(17)16(2)14(15)18)9-5-6-11(19-3)12(7-9)20-4/h5-8H,1-4H3. The smallest absolute Gasteiger partial charge is 0.330 e. The average Bonchev–Trinajstić information content (AvgIpc) is 2.48. The molecule has 0 N–H and O–H groups in total. The summed E-state index contributed by atoms with van der Waals surface area (Å²) in [6.07, 6.45) is 0. The van der Waals surface area contributed by atoms with Gasteiger partial charge in [-0.15, -0.1) is 0 Å². The van der Waals surface area contributed by atoms with E-state index < -0.39 is 0 Å². The van der Waals surface area contributed by atoms with Crippen molar-refractivity contribution in [3.8, 4) is 22.8 Å².